The number of halogens is 3. The van der Waals surface area contributed by atoms with Crippen LogP contribution in [0.2, 0.25) is 0 Å². The van der Waals surface area contributed by atoms with Gasteiger partial charge in [0.2, 0.25) is 0 Å². The summed E-state index contributed by atoms with van der Waals surface area (Å²) in [5, 5.41) is 10.6. The van der Waals surface area contributed by atoms with Gasteiger partial charge >= 0.3 is 5.97 Å². The fourth-order valence-corrected chi connectivity index (χ4v) is 1.42. The van der Waals surface area contributed by atoms with Crippen LogP contribution in [-0.4, -0.2) is 23.3 Å². The number of carbonyl (C=O) groups is 2. The van der Waals surface area contributed by atoms with Gasteiger partial charge in [-0.2, -0.15) is 0 Å². The molecule has 6 nitrogen and oxygen atoms in total. The van der Waals surface area contributed by atoms with Gasteiger partial charge in [-0.3, -0.25) is 19.7 Å². The smallest absolute Gasteiger partial charge is 0.313 e. The molecule has 1 aromatic carbocycles. The Morgan fingerprint density at radius 1 is 1.30 bits per heavy atom. The maximum Gasteiger partial charge on any atom is 0.313 e. The normalized spacial score (nSPS) is 10.2. The summed E-state index contributed by atoms with van der Waals surface area (Å²) in [6.07, 6.45) is -1.02. The Morgan fingerprint density at radius 3 is 2.40 bits per heavy atom. The number of esters is 1. The molecule has 0 unspecified atom stereocenters. The average Bonchev–Trinajstić information content (AvgIpc) is 2.35. The topological polar surface area (TPSA) is 86.5 Å². The second-order valence-corrected chi connectivity index (χ2v) is 3.54. The van der Waals surface area contributed by atoms with Gasteiger partial charge < -0.3 is 4.74 Å². The number of ether oxygens (including phenoxy) is 1. The highest BCUT2D eigenvalue weighted by Crippen LogP contribution is 2.27. The zero-order valence-electron chi connectivity index (χ0n) is 10.1. The molecule has 0 atom stereocenters. The van der Waals surface area contributed by atoms with Gasteiger partial charge in [-0.05, 0) is 6.92 Å². The number of nitro benzene ring substituents is 1. The second kappa shape index (κ2) is 6.13. The molecule has 0 bridgehead atoms. The molecular formula is C11H8F3NO5. The number of hydrogen-bond donors (Lipinski definition) is 0. The Hall–Kier alpha value is -2.45. The molecule has 0 fully saturated rings. The zero-order chi connectivity index (χ0) is 15.4. The molecule has 0 N–H and O–H groups in total. The number of benzene rings is 1. The van der Waals surface area contributed by atoms with E-state index in [2.05, 4.69) is 4.74 Å². The minimum atomic E-state index is -2.03. The fraction of sp³-hybridized carbons (Fsp3) is 0.273. The third kappa shape index (κ3) is 3.11. The van der Waals surface area contributed by atoms with Gasteiger partial charge in [0.05, 0.1) is 17.6 Å². The maximum atomic E-state index is 13.5. The number of nitro groups is 1. The molecular weight excluding hydrogens is 283 g/mol. The van der Waals surface area contributed by atoms with Crippen molar-refractivity contribution >= 4 is 17.4 Å². The van der Waals surface area contributed by atoms with Crippen molar-refractivity contribution in [3.05, 3.63) is 39.2 Å². The molecule has 0 saturated heterocycles. The Bertz CT molecular complexity index is 588. The maximum absolute atomic E-state index is 13.5. The summed E-state index contributed by atoms with van der Waals surface area (Å²) in [6.45, 7) is 1.39. The van der Waals surface area contributed by atoms with Gasteiger partial charge in [-0.1, -0.05) is 0 Å². The standard InChI is InChI=1S/C11H8F3NO5/c1-2-20-8(17)4-7(16)9-6(15(18)19)3-5(12)10(13)11(9)14/h3H,2,4H2,1H3. The number of carbonyl (C=O) groups excluding carboxylic acids is 2. The summed E-state index contributed by atoms with van der Waals surface area (Å²) in [7, 11) is 0. The fourth-order valence-electron chi connectivity index (χ4n) is 1.42. The van der Waals surface area contributed by atoms with E-state index in [0.29, 0.717) is 0 Å². The summed E-state index contributed by atoms with van der Waals surface area (Å²) < 4.78 is 43.8. The van der Waals surface area contributed by atoms with Crippen molar-refractivity contribution in [1.29, 1.82) is 0 Å². The molecule has 0 amide bonds. The molecule has 108 valence electrons. The molecule has 0 saturated carbocycles. The SMILES string of the molecule is CCOC(=O)CC(=O)c1c([N+](=O)[O-])cc(F)c(F)c1F. The lowest BCUT2D eigenvalue weighted by Gasteiger charge is -2.05. The third-order valence-electron chi connectivity index (χ3n) is 2.23. The van der Waals surface area contributed by atoms with Gasteiger partial charge in [0.15, 0.2) is 23.2 Å². The molecule has 1 rings (SSSR count). The molecule has 0 aromatic heterocycles. The number of ketones is 1. The highest BCUT2D eigenvalue weighted by atomic mass is 19.2. The monoisotopic (exact) mass is 291 g/mol. The highest BCUT2D eigenvalue weighted by molar-refractivity contribution is 6.08. The minimum Gasteiger partial charge on any atom is -0.466 e. The predicted octanol–water partition coefficient (Wildman–Crippen LogP) is 2.15. The number of nitrogens with zero attached hydrogens (tertiary/aromatic N) is 1. The molecule has 0 spiro atoms. The number of rotatable bonds is 5. The van der Waals surface area contributed by atoms with E-state index >= 15 is 0 Å². The molecule has 0 aliphatic rings. The van der Waals surface area contributed by atoms with E-state index in [9.17, 15) is 32.9 Å². The van der Waals surface area contributed by atoms with Crippen molar-refractivity contribution in [1.82, 2.24) is 0 Å². The summed E-state index contributed by atoms with van der Waals surface area (Å²) in [5.74, 6) is -8.27. The van der Waals surface area contributed by atoms with E-state index in [1.54, 1.807) is 0 Å². The van der Waals surface area contributed by atoms with Gasteiger partial charge in [0.1, 0.15) is 12.0 Å². The predicted molar refractivity (Wildman–Crippen MR) is 58.6 cm³/mol. The zero-order valence-corrected chi connectivity index (χ0v) is 10.1. The van der Waals surface area contributed by atoms with Crippen molar-refractivity contribution in [2.75, 3.05) is 6.61 Å². The van der Waals surface area contributed by atoms with Crippen molar-refractivity contribution in [2.45, 2.75) is 13.3 Å². The number of hydrogen-bond acceptors (Lipinski definition) is 5. The Kier molecular flexibility index (Phi) is 4.78. The third-order valence-corrected chi connectivity index (χ3v) is 2.23. The van der Waals surface area contributed by atoms with Gasteiger partial charge in [0.25, 0.3) is 5.69 Å². The molecule has 20 heavy (non-hydrogen) atoms. The number of Topliss-reactive ketones (excluding diaryl/α,β-unsaturated/α-hetero) is 1. The van der Waals surface area contributed by atoms with Crippen molar-refractivity contribution in [3.63, 3.8) is 0 Å². The first-order valence-electron chi connectivity index (χ1n) is 5.30. The summed E-state index contributed by atoms with van der Waals surface area (Å²) in [6, 6.07) is 0.0802. The van der Waals surface area contributed by atoms with Crippen LogP contribution in [0.15, 0.2) is 6.07 Å². The Balaban J connectivity index is 3.29. The van der Waals surface area contributed by atoms with E-state index in [1.165, 1.54) is 6.92 Å². The van der Waals surface area contributed by atoms with Gasteiger partial charge in [0, 0.05) is 0 Å². The largest absolute Gasteiger partial charge is 0.466 e. The van der Waals surface area contributed by atoms with Crippen molar-refractivity contribution < 1.29 is 32.4 Å². The first-order valence-corrected chi connectivity index (χ1v) is 5.30. The van der Waals surface area contributed by atoms with E-state index < -0.39 is 51.8 Å². The lowest BCUT2D eigenvalue weighted by atomic mass is 10.0. The van der Waals surface area contributed by atoms with Crippen LogP contribution in [0.1, 0.15) is 23.7 Å². The van der Waals surface area contributed by atoms with Crippen LogP contribution in [0.5, 0.6) is 0 Å². The van der Waals surface area contributed by atoms with Crippen LogP contribution in [0.25, 0.3) is 0 Å². The molecule has 0 radical (unpaired) electrons. The Morgan fingerprint density at radius 2 is 1.90 bits per heavy atom. The Labute approximate surface area is 110 Å². The summed E-state index contributed by atoms with van der Waals surface area (Å²) in [4.78, 5) is 32.1. The first-order chi connectivity index (χ1) is 9.29. The van der Waals surface area contributed by atoms with Crippen LogP contribution in [0.4, 0.5) is 18.9 Å². The lowest BCUT2D eigenvalue weighted by Crippen LogP contribution is -2.15. The van der Waals surface area contributed by atoms with Crippen LogP contribution in [-0.2, 0) is 9.53 Å². The molecule has 9 heteroatoms. The quantitative estimate of drug-likeness (QED) is 0.207. The van der Waals surface area contributed by atoms with Crippen LogP contribution in [0.3, 0.4) is 0 Å². The molecule has 0 aliphatic carbocycles. The van der Waals surface area contributed by atoms with E-state index in [0.717, 1.165) is 0 Å². The second-order valence-electron chi connectivity index (χ2n) is 3.54. The summed E-state index contributed by atoms with van der Waals surface area (Å²) in [5.41, 5.74) is -2.54. The van der Waals surface area contributed by atoms with E-state index in [4.69, 9.17) is 0 Å². The molecule has 1 aromatic rings. The summed E-state index contributed by atoms with van der Waals surface area (Å²) >= 11 is 0. The first kappa shape index (κ1) is 15.6. The lowest BCUT2D eigenvalue weighted by molar-refractivity contribution is -0.385. The van der Waals surface area contributed by atoms with Gasteiger partial charge in [-0.25, -0.2) is 13.2 Å². The van der Waals surface area contributed by atoms with Crippen molar-refractivity contribution in [3.8, 4) is 0 Å². The van der Waals surface area contributed by atoms with Crippen LogP contribution >= 0.6 is 0 Å². The van der Waals surface area contributed by atoms with E-state index in [1.807, 2.05) is 0 Å². The van der Waals surface area contributed by atoms with Crippen LogP contribution in [0, 0.1) is 27.6 Å². The van der Waals surface area contributed by atoms with Crippen LogP contribution < -0.4 is 0 Å². The molecule has 0 aliphatic heterocycles. The molecule has 0 heterocycles. The highest BCUT2D eigenvalue weighted by Gasteiger charge is 2.31. The average molecular weight is 291 g/mol. The van der Waals surface area contributed by atoms with Crippen molar-refractivity contribution in [2.24, 2.45) is 0 Å². The minimum absolute atomic E-state index is 0.0610. The van der Waals surface area contributed by atoms with Gasteiger partial charge in [-0.15, -0.1) is 0 Å². The van der Waals surface area contributed by atoms with E-state index in [-0.39, 0.29) is 12.7 Å².